The number of ether oxygens (including phenoxy) is 3. The van der Waals surface area contributed by atoms with Gasteiger partial charge in [0.2, 0.25) is 6.79 Å². The summed E-state index contributed by atoms with van der Waals surface area (Å²) in [4.78, 5) is 2.37. The topological polar surface area (TPSA) is 51.2 Å². The van der Waals surface area contributed by atoms with Crippen LogP contribution in [0, 0.1) is 11.3 Å². The molecule has 2 aliphatic rings. The lowest BCUT2D eigenvalue weighted by atomic mass is 9.77. The summed E-state index contributed by atoms with van der Waals surface area (Å²) in [7, 11) is 0. The quantitative estimate of drug-likeness (QED) is 0.884. The van der Waals surface area contributed by atoms with Gasteiger partial charge >= 0.3 is 0 Å². The fourth-order valence-electron chi connectivity index (χ4n) is 3.71. The fraction of sp³-hybridized carbons (Fsp3) is 0.700. The summed E-state index contributed by atoms with van der Waals surface area (Å²) < 4.78 is 16.4. The zero-order chi connectivity index (χ0) is 17.9. The Morgan fingerprint density at radius 3 is 2.80 bits per heavy atom. The van der Waals surface area contributed by atoms with Crippen LogP contribution in [0.1, 0.15) is 40.0 Å². The predicted molar refractivity (Wildman–Crippen MR) is 97.3 cm³/mol. The summed E-state index contributed by atoms with van der Waals surface area (Å²) in [6.07, 6.45) is 3.21. The van der Waals surface area contributed by atoms with Gasteiger partial charge in [0, 0.05) is 12.6 Å². The molecule has 0 radical (unpaired) electrons. The molecule has 1 aromatic carbocycles. The number of nitrogens with zero attached hydrogens (tertiary/aromatic N) is 1. The molecule has 0 amide bonds. The van der Waals surface area contributed by atoms with Crippen LogP contribution in [0.5, 0.6) is 17.2 Å². The second-order valence-corrected chi connectivity index (χ2v) is 8.27. The molecular formula is C20H31NO4. The normalized spacial score (nSPS) is 22.5. The first-order chi connectivity index (χ1) is 11.9. The Bertz CT molecular complexity index is 569. The highest BCUT2D eigenvalue weighted by Gasteiger charge is 2.27. The van der Waals surface area contributed by atoms with E-state index in [1.54, 1.807) is 0 Å². The van der Waals surface area contributed by atoms with Gasteiger partial charge in [0.05, 0.1) is 0 Å². The third-order valence-electron chi connectivity index (χ3n) is 5.30. The molecule has 1 saturated heterocycles. The lowest BCUT2D eigenvalue weighted by Crippen LogP contribution is -2.36. The minimum absolute atomic E-state index is 0.256. The first-order valence-corrected chi connectivity index (χ1v) is 9.34. The Balaban J connectivity index is 1.44. The van der Waals surface area contributed by atoms with Crippen LogP contribution >= 0.6 is 0 Å². The lowest BCUT2D eigenvalue weighted by molar-refractivity contribution is 0.0681. The van der Waals surface area contributed by atoms with E-state index in [-0.39, 0.29) is 6.79 Å². The average molecular weight is 349 g/mol. The molecule has 0 spiro atoms. The number of rotatable bonds is 5. The highest BCUT2D eigenvalue weighted by molar-refractivity contribution is 5.46. The summed E-state index contributed by atoms with van der Waals surface area (Å²) in [5, 5.41) is 10.4. The van der Waals surface area contributed by atoms with Crippen LogP contribution in [0.25, 0.3) is 0 Å². The van der Waals surface area contributed by atoms with Crippen molar-refractivity contribution in [2.75, 3.05) is 33.0 Å². The van der Waals surface area contributed by atoms with Crippen LogP contribution in [0.3, 0.4) is 0 Å². The van der Waals surface area contributed by atoms with Crippen molar-refractivity contribution in [1.29, 1.82) is 0 Å². The van der Waals surface area contributed by atoms with E-state index in [1.807, 2.05) is 18.2 Å². The molecule has 5 nitrogen and oxygen atoms in total. The molecule has 0 saturated carbocycles. The summed E-state index contributed by atoms with van der Waals surface area (Å²) in [5.41, 5.74) is 0.372. The Labute approximate surface area is 150 Å². The Morgan fingerprint density at radius 2 is 2.00 bits per heavy atom. The van der Waals surface area contributed by atoms with Crippen molar-refractivity contribution in [2.45, 2.75) is 46.1 Å². The number of likely N-dealkylation sites (tertiary alicyclic amines) is 1. The van der Waals surface area contributed by atoms with Crippen LogP contribution in [0.4, 0.5) is 0 Å². The third kappa shape index (κ3) is 5.02. The number of hydrogen-bond donors (Lipinski definition) is 1. The van der Waals surface area contributed by atoms with Gasteiger partial charge in [-0.1, -0.05) is 20.8 Å². The molecule has 2 heterocycles. The Hall–Kier alpha value is -1.46. The van der Waals surface area contributed by atoms with Crippen LogP contribution in [-0.2, 0) is 0 Å². The molecule has 0 bridgehead atoms. The van der Waals surface area contributed by atoms with Gasteiger partial charge in [0.1, 0.15) is 18.5 Å². The maximum atomic E-state index is 10.4. The molecule has 1 fully saturated rings. The number of benzene rings is 1. The van der Waals surface area contributed by atoms with E-state index in [0.717, 1.165) is 24.8 Å². The maximum absolute atomic E-state index is 10.4. The maximum Gasteiger partial charge on any atom is 0.231 e. The molecule has 140 valence electrons. The summed E-state index contributed by atoms with van der Waals surface area (Å²) in [6.45, 7) is 10.3. The van der Waals surface area contributed by atoms with Gasteiger partial charge in [-0.2, -0.15) is 0 Å². The molecule has 2 unspecified atom stereocenters. The van der Waals surface area contributed by atoms with E-state index >= 15 is 0 Å². The van der Waals surface area contributed by atoms with Crippen molar-refractivity contribution in [1.82, 2.24) is 4.90 Å². The van der Waals surface area contributed by atoms with Crippen molar-refractivity contribution < 1.29 is 19.3 Å². The fourth-order valence-corrected chi connectivity index (χ4v) is 3.71. The number of hydrogen-bond acceptors (Lipinski definition) is 5. The Kier molecular flexibility index (Phi) is 5.74. The largest absolute Gasteiger partial charge is 0.491 e. The molecule has 0 aromatic heterocycles. The van der Waals surface area contributed by atoms with Gasteiger partial charge < -0.3 is 24.2 Å². The van der Waals surface area contributed by atoms with Gasteiger partial charge in [-0.25, -0.2) is 0 Å². The molecular weight excluding hydrogens is 318 g/mol. The second-order valence-electron chi connectivity index (χ2n) is 8.27. The molecule has 3 rings (SSSR count). The van der Waals surface area contributed by atoms with Crippen molar-refractivity contribution in [2.24, 2.45) is 11.3 Å². The van der Waals surface area contributed by atoms with Crippen molar-refractivity contribution >= 4 is 0 Å². The highest BCUT2D eigenvalue weighted by Crippen LogP contribution is 2.35. The zero-order valence-electron chi connectivity index (χ0n) is 15.7. The summed E-state index contributed by atoms with van der Waals surface area (Å²) >= 11 is 0. The average Bonchev–Trinajstić information content (AvgIpc) is 2.89. The Morgan fingerprint density at radius 1 is 1.20 bits per heavy atom. The SMILES string of the molecule is CC(C)(C)C1CCCN(CC(O)COc2ccc3c(c2)OCO3)CC1. The first kappa shape index (κ1) is 18.3. The molecule has 0 aliphatic carbocycles. The van der Waals surface area contributed by atoms with Crippen molar-refractivity contribution in [3.8, 4) is 17.2 Å². The molecule has 1 N–H and O–H groups in total. The first-order valence-electron chi connectivity index (χ1n) is 9.34. The van der Waals surface area contributed by atoms with E-state index in [4.69, 9.17) is 14.2 Å². The monoisotopic (exact) mass is 349 g/mol. The molecule has 2 atom stereocenters. The molecule has 5 heteroatoms. The molecule has 2 aliphatic heterocycles. The number of aliphatic hydroxyl groups excluding tert-OH is 1. The molecule has 25 heavy (non-hydrogen) atoms. The number of fused-ring (bicyclic) bond motifs is 1. The van der Waals surface area contributed by atoms with E-state index in [0.29, 0.717) is 30.1 Å². The van der Waals surface area contributed by atoms with Crippen LogP contribution < -0.4 is 14.2 Å². The minimum atomic E-state index is -0.489. The van der Waals surface area contributed by atoms with Gasteiger partial charge in [-0.3, -0.25) is 0 Å². The van der Waals surface area contributed by atoms with Gasteiger partial charge in [0.25, 0.3) is 0 Å². The number of aliphatic hydroxyl groups is 1. The summed E-state index contributed by atoms with van der Waals surface area (Å²) in [6, 6.07) is 5.50. The smallest absolute Gasteiger partial charge is 0.231 e. The third-order valence-corrected chi connectivity index (χ3v) is 5.30. The minimum Gasteiger partial charge on any atom is -0.491 e. The second kappa shape index (κ2) is 7.83. The van der Waals surface area contributed by atoms with Crippen LogP contribution in [-0.4, -0.2) is 49.1 Å². The van der Waals surface area contributed by atoms with Crippen molar-refractivity contribution in [3.63, 3.8) is 0 Å². The van der Waals surface area contributed by atoms with Gasteiger partial charge in [0.15, 0.2) is 11.5 Å². The number of β-amino-alcohol motifs (C(OH)–C–C–N with tert-alkyl or cyclic N) is 1. The predicted octanol–water partition coefficient (Wildman–Crippen LogP) is 3.30. The van der Waals surface area contributed by atoms with Crippen LogP contribution in [0.2, 0.25) is 0 Å². The van der Waals surface area contributed by atoms with Crippen LogP contribution in [0.15, 0.2) is 18.2 Å². The highest BCUT2D eigenvalue weighted by atomic mass is 16.7. The van der Waals surface area contributed by atoms with Gasteiger partial charge in [-0.15, -0.1) is 0 Å². The van der Waals surface area contributed by atoms with E-state index in [9.17, 15) is 5.11 Å². The van der Waals surface area contributed by atoms with Crippen molar-refractivity contribution in [3.05, 3.63) is 18.2 Å². The lowest BCUT2D eigenvalue weighted by Gasteiger charge is -2.30. The standard InChI is InChI=1S/C20H31NO4/c1-20(2,3)15-5-4-9-21(10-8-15)12-16(22)13-23-17-6-7-18-19(11-17)25-14-24-18/h6-7,11,15-16,22H,4-5,8-10,12-14H2,1-3H3. The van der Waals surface area contributed by atoms with E-state index < -0.39 is 6.10 Å². The molecule has 1 aromatic rings. The summed E-state index contributed by atoms with van der Waals surface area (Å²) in [5.74, 6) is 2.91. The van der Waals surface area contributed by atoms with E-state index in [1.165, 1.54) is 19.3 Å². The van der Waals surface area contributed by atoms with E-state index in [2.05, 4.69) is 25.7 Å². The van der Waals surface area contributed by atoms with Gasteiger partial charge in [-0.05, 0) is 55.8 Å². The zero-order valence-corrected chi connectivity index (χ0v) is 15.7.